The summed E-state index contributed by atoms with van der Waals surface area (Å²) < 4.78 is 0. The van der Waals surface area contributed by atoms with E-state index in [0.717, 1.165) is 31.7 Å². The second-order valence-corrected chi connectivity index (χ2v) is 4.90. The fourth-order valence-corrected chi connectivity index (χ4v) is 2.61. The molecule has 0 amide bonds. The first-order chi connectivity index (χ1) is 9.36. The number of fused-ring (bicyclic) bond motifs is 1. The SMILES string of the molecule is NCc1ncnc2c1CN(Cc1ccccc1)CC2. The molecule has 1 aliphatic heterocycles. The quantitative estimate of drug-likeness (QED) is 0.901. The highest BCUT2D eigenvalue weighted by Crippen LogP contribution is 2.20. The Morgan fingerprint density at radius 2 is 2.00 bits per heavy atom. The van der Waals surface area contributed by atoms with E-state index < -0.39 is 0 Å². The van der Waals surface area contributed by atoms with Crippen LogP contribution in [0.3, 0.4) is 0 Å². The summed E-state index contributed by atoms with van der Waals surface area (Å²) in [6.07, 6.45) is 2.62. The molecule has 2 aromatic rings. The molecule has 4 nitrogen and oxygen atoms in total. The van der Waals surface area contributed by atoms with Crippen LogP contribution in [0.4, 0.5) is 0 Å². The Morgan fingerprint density at radius 3 is 2.79 bits per heavy atom. The van der Waals surface area contributed by atoms with Gasteiger partial charge in [0.15, 0.2) is 0 Å². The monoisotopic (exact) mass is 254 g/mol. The molecule has 0 atom stereocenters. The van der Waals surface area contributed by atoms with Crippen LogP contribution in [0.15, 0.2) is 36.7 Å². The molecule has 4 heteroatoms. The maximum atomic E-state index is 5.76. The molecule has 0 radical (unpaired) electrons. The average molecular weight is 254 g/mol. The number of nitrogens with zero attached hydrogens (tertiary/aromatic N) is 3. The second-order valence-electron chi connectivity index (χ2n) is 4.90. The minimum absolute atomic E-state index is 0.490. The van der Waals surface area contributed by atoms with E-state index >= 15 is 0 Å². The van der Waals surface area contributed by atoms with Crippen LogP contribution < -0.4 is 5.73 Å². The predicted octanol–water partition coefficient (Wildman–Crippen LogP) is 1.49. The standard InChI is InChI=1S/C15H18N4/c16-8-15-13-10-19(7-6-14(13)17-11-18-15)9-12-4-2-1-3-5-12/h1-5,11H,6-10,16H2. The first kappa shape index (κ1) is 12.3. The first-order valence-corrected chi connectivity index (χ1v) is 6.65. The number of benzene rings is 1. The van der Waals surface area contributed by atoms with Crippen LogP contribution in [0.25, 0.3) is 0 Å². The average Bonchev–Trinajstić information content (AvgIpc) is 2.47. The largest absolute Gasteiger partial charge is 0.325 e. The Bertz CT molecular complexity index is 539. The molecular weight excluding hydrogens is 236 g/mol. The van der Waals surface area contributed by atoms with E-state index in [2.05, 4.69) is 45.2 Å². The van der Waals surface area contributed by atoms with Crippen molar-refractivity contribution in [2.24, 2.45) is 5.73 Å². The summed E-state index contributed by atoms with van der Waals surface area (Å²) in [4.78, 5) is 11.1. The normalized spacial score (nSPS) is 15.2. The molecule has 0 unspecified atom stereocenters. The minimum Gasteiger partial charge on any atom is -0.325 e. The summed E-state index contributed by atoms with van der Waals surface area (Å²) in [6, 6.07) is 10.6. The first-order valence-electron chi connectivity index (χ1n) is 6.65. The molecule has 19 heavy (non-hydrogen) atoms. The number of rotatable bonds is 3. The van der Waals surface area contributed by atoms with Crippen molar-refractivity contribution in [2.45, 2.75) is 26.1 Å². The Labute approximate surface area is 113 Å². The van der Waals surface area contributed by atoms with Crippen molar-refractivity contribution in [2.75, 3.05) is 6.54 Å². The molecule has 0 bridgehead atoms. The summed E-state index contributed by atoms with van der Waals surface area (Å²) in [5.41, 5.74) is 10.5. The molecule has 1 aliphatic rings. The van der Waals surface area contributed by atoms with Crippen molar-refractivity contribution in [1.82, 2.24) is 14.9 Å². The van der Waals surface area contributed by atoms with Gasteiger partial charge in [0.05, 0.1) is 5.69 Å². The van der Waals surface area contributed by atoms with Gasteiger partial charge in [-0.2, -0.15) is 0 Å². The molecule has 1 aromatic heterocycles. The third kappa shape index (κ3) is 2.64. The Balaban J connectivity index is 1.78. The number of aromatic nitrogens is 2. The smallest absolute Gasteiger partial charge is 0.116 e. The molecule has 0 saturated heterocycles. The maximum Gasteiger partial charge on any atom is 0.116 e. The van der Waals surface area contributed by atoms with Crippen molar-refractivity contribution in [1.29, 1.82) is 0 Å². The molecule has 2 N–H and O–H groups in total. The van der Waals surface area contributed by atoms with Gasteiger partial charge in [0.1, 0.15) is 6.33 Å². The topological polar surface area (TPSA) is 55.0 Å². The van der Waals surface area contributed by atoms with Crippen LogP contribution in [-0.4, -0.2) is 21.4 Å². The minimum atomic E-state index is 0.490. The van der Waals surface area contributed by atoms with Gasteiger partial charge in [0.2, 0.25) is 0 Å². The molecule has 1 aromatic carbocycles. The zero-order valence-electron chi connectivity index (χ0n) is 10.9. The van der Waals surface area contributed by atoms with Gasteiger partial charge in [-0.05, 0) is 5.56 Å². The van der Waals surface area contributed by atoms with Gasteiger partial charge in [0.25, 0.3) is 0 Å². The highest BCUT2D eigenvalue weighted by Gasteiger charge is 2.20. The van der Waals surface area contributed by atoms with E-state index in [1.165, 1.54) is 16.8 Å². The van der Waals surface area contributed by atoms with E-state index in [1.54, 1.807) is 6.33 Å². The highest BCUT2D eigenvalue weighted by molar-refractivity contribution is 5.27. The molecule has 0 spiro atoms. The van der Waals surface area contributed by atoms with Crippen LogP contribution >= 0.6 is 0 Å². The van der Waals surface area contributed by atoms with E-state index in [9.17, 15) is 0 Å². The zero-order chi connectivity index (χ0) is 13.1. The lowest BCUT2D eigenvalue weighted by Crippen LogP contribution is -2.32. The second kappa shape index (κ2) is 5.47. The number of nitrogens with two attached hydrogens (primary N) is 1. The molecule has 0 saturated carbocycles. The molecule has 0 fully saturated rings. The van der Waals surface area contributed by atoms with Crippen LogP contribution in [-0.2, 0) is 26.1 Å². The van der Waals surface area contributed by atoms with E-state index in [4.69, 9.17) is 5.73 Å². The van der Waals surface area contributed by atoms with Crippen LogP contribution in [0.1, 0.15) is 22.5 Å². The fourth-order valence-electron chi connectivity index (χ4n) is 2.61. The maximum absolute atomic E-state index is 5.76. The third-order valence-corrected chi connectivity index (χ3v) is 3.61. The lowest BCUT2D eigenvalue weighted by molar-refractivity contribution is 0.241. The Hall–Kier alpha value is -1.78. The van der Waals surface area contributed by atoms with Gasteiger partial charge in [-0.15, -0.1) is 0 Å². The summed E-state index contributed by atoms with van der Waals surface area (Å²) in [5.74, 6) is 0. The molecule has 98 valence electrons. The Morgan fingerprint density at radius 1 is 1.16 bits per heavy atom. The van der Waals surface area contributed by atoms with E-state index in [1.807, 2.05) is 0 Å². The molecular formula is C15H18N4. The van der Waals surface area contributed by atoms with Gasteiger partial charge in [-0.25, -0.2) is 9.97 Å². The lowest BCUT2D eigenvalue weighted by Gasteiger charge is -2.29. The summed E-state index contributed by atoms with van der Waals surface area (Å²) in [7, 11) is 0. The number of hydrogen-bond donors (Lipinski definition) is 1. The van der Waals surface area contributed by atoms with E-state index in [-0.39, 0.29) is 0 Å². The third-order valence-electron chi connectivity index (χ3n) is 3.61. The van der Waals surface area contributed by atoms with Gasteiger partial charge < -0.3 is 5.73 Å². The molecule has 0 aliphatic carbocycles. The van der Waals surface area contributed by atoms with Crippen LogP contribution in [0.5, 0.6) is 0 Å². The van der Waals surface area contributed by atoms with Crippen molar-refractivity contribution in [3.8, 4) is 0 Å². The summed E-state index contributed by atoms with van der Waals surface area (Å²) in [6.45, 7) is 3.41. The zero-order valence-corrected chi connectivity index (χ0v) is 10.9. The van der Waals surface area contributed by atoms with Crippen molar-refractivity contribution < 1.29 is 0 Å². The van der Waals surface area contributed by atoms with Crippen LogP contribution in [0, 0.1) is 0 Å². The Kier molecular flexibility index (Phi) is 3.53. The van der Waals surface area contributed by atoms with Crippen LogP contribution in [0.2, 0.25) is 0 Å². The van der Waals surface area contributed by atoms with Gasteiger partial charge in [-0.1, -0.05) is 30.3 Å². The van der Waals surface area contributed by atoms with Gasteiger partial charge in [-0.3, -0.25) is 4.90 Å². The molecule has 2 heterocycles. The van der Waals surface area contributed by atoms with Crippen molar-refractivity contribution in [3.63, 3.8) is 0 Å². The molecule has 3 rings (SSSR count). The predicted molar refractivity (Wildman–Crippen MR) is 74.2 cm³/mol. The van der Waals surface area contributed by atoms with Gasteiger partial charge in [0, 0.05) is 43.9 Å². The lowest BCUT2D eigenvalue weighted by atomic mass is 10.0. The van der Waals surface area contributed by atoms with Gasteiger partial charge >= 0.3 is 0 Å². The highest BCUT2D eigenvalue weighted by atomic mass is 15.1. The van der Waals surface area contributed by atoms with Crippen molar-refractivity contribution in [3.05, 3.63) is 59.2 Å². The summed E-state index contributed by atoms with van der Waals surface area (Å²) >= 11 is 0. The van der Waals surface area contributed by atoms with E-state index in [0.29, 0.717) is 6.54 Å². The summed E-state index contributed by atoms with van der Waals surface area (Å²) in [5, 5.41) is 0. The van der Waals surface area contributed by atoms with Crippen molar-refractivity contribution >= 4 is 0 Å². The number of hydrogen-bond acceptors (Lipinski definition) is 4. The fraction of sp³-hybridized carbons (Fsp3) is 0.333.